The van der Waals surface area contributed by atoms with Crippen LogP contribution in [0.4, 0.5) is 4.39 Å². The Hall–Kier alpha value is -3.07. The van der Waals surface area contributed by atoms with Gasteiger partial charge in [-0.2, -0.15) is 0 Å². The molecule has 0 aliphatic heterocycles. The summed E-state index contributed by atoms with van der Waals surface area (Å²) in [6.07, 6.45) is -0.875. The van der Waals surface area contributed by atoms with Gasteiger partial charge in [-0.1, -0.05) is 35.5 Å². The van der Waals surface area contributed by atoms with Crippen molar-refractivity contribution in [2.24, 2.45) is 0 Å². The number of hydrogen-bond acceptors (Lipinski definition) is 7. The molecule has 1 aliphatic carbocycles. The second-order valence-electron chi connectivity index (χ2n) is 6.62. The van der Waals surface area contributed by atoms with Gasteiger partial charge in [0.1, 0.15) is 6.10 Å². The minimum Gasteiger partial charge on any atom is -0.422 e. The van der Waals surface area contributed by atoms with Gasteiger partial charge in [-0.15, -0.1) is 10.2 Å². The van der Waals surface area contributed by atoms with Gasteiger partial charge < -0.3 is 19.4 Å². The number of aliphatic hydroxyl groups excluding tert-OH is 1. The maximum atomic E-state index is 14.7. The minimum absolute atomic E-state index is 0.00325. The Balaban J connectivity index is 1.38. The first-order chi connectivity index (χ1) is 12.9. The molecule has 2 aromatic heterocycles. The summed E-state index contributed by atoms with van der Waals surface area (Å²) in [6.45, 7) is 1.50. The van der Waals surface area contributed by atoms with Crippen molar-refractivity contribution in [2.75, 3.05) is 0 Å². The number of carbonyl (C=O) groups is 1. The molecular formula is C18H17FN4O4. The zero-order chi connectivity index (χ0) is 19.0. The van der Waals surface area contributed by atoms with Crippen LogP contribution in [-0.2, 0) is 0 Å². The van der Waals surface area contributed by atoms with Crippen molar-refractivity contribution in [3.8, 4) is 11.3 Å². The van der Waals surface area contributed by atoms with E-state index in [-0.39, 0.29) is 36.2 Å². The van der Waals surface area contributed by atoms with Gasteiger partial charge >= 0.3 is 0 Å². The molecule has 1 fully saturated rings. The number of aliphatic hydroxyl groups is 1. The lowest BCUT2D eigenvalue weighted by Gasteiger charge is -2.39. The molecule has 2 heterocycles. The van der Waals surface area contributed by atoms with E-state index in [0.29, 0.717) is 5.76 Å². The molecule has 4 rings (SSSR count). The fourth-order valence-electron chi connectivity index (χ4n) is 2.97. The van der Waals surface area contributed by atoms with Crippen LogP contribution in [0, 0.1) is 0 Å². The van der Waals surface area contributed by atoms with Gasteiger partial charge in [0.15, 0.2) is 17.2 Å². The van der Waals surface area contributed by atoms with Gasteiger partial charge in [-0.3, -0.25) is 4.79 Å². The largest absolute Gasteiger partial charge is 0.422 e. The Morgan fingerprint density at radius 1 is 1.33 bits per heavy atom. The van der Waals surface area contributed by atoms with Crippen molar-refractivity contribution in [3.63, 3.8) is 0 Å². The van der Waals surface area contributed by atoms with Crippen LogP contribution in [0.5, 0.6) is 0 Å². The summed E-state index contributed by atoms with van der Waals surface area (Å²) in [5.41, 5.74) is 0.775. The Labute approximate surface area is 153 Å². The van der Waals surface area contributed by atoms with Crippen LogP contribution in [-0.4, -0.2) is 32.2 Å². The predicted octanol–water partition coefficient (Wildman–Crippen LogP) is 2.75. The molecule has 1 aromatic carbocycles. The summed E-state index contributed by atoms with van der Waals surface area (Å²) < 4.78 is 25.2. The topological polar surface area (TPSA) is 114 Å². The van der Waals surface area contributed by atoms with E-state index >= 15 is 0 Å². The Morgan fingerprint density at radius 2 is 2.07 bits per heavy atom. The summed E-state index contributed by atoms with van der Waals surface area (Å²) in [7, 11) is 0. The van der Waals surface area contributed by atoms with Gasteiger partial charge in [0.2, 0.25) is 11.8 Å². The molecule has 0 saturated heterocycles. The first-order valence-electron chi connectivity index (χ1n) is 8.48. The molecule has 1 atom stereocenters. The minimum atomic E-state index is -1.88. The maximum absolute atomic E-state index is 14.7. The Morgan fingerprint density at radius 3 is 2.74 bits per heavy atom. The van der Waals surface area contributed by atoms with Gasteiger partial charge in [0.05, 0.1) is 0 Å². The van der Waals surface area contributed by atoms with Gasteiger partial charge in [-0.05, 0) is 6.92 Å². The van der Waals surface area contributed by atoms with Crippen LogP contribution >= 0.6 is 0 Å². The fraction of sp³-hybridized carbons (Fsp3) is 0.333. The van der Waals surface area contributed by atoms with Crippen LogP contribution < -0.4 is 5.32 Å². The molecule has 1 saturated carbocycles. The first kappa shape index (κ1) is 17.3. The van der Waals surface area contributed by atoms with E-state index in [1.807, 2.05) is 30.3 Å². The Bertz CT molecular complexity index is 947. The second-order valence-corrected chi connectivity index (χ2v) is 6.62. The molecular weight excluding hydrogens is 355 g/mol. The highest BCUT2D eigenvalue weighted by molar-refractivity contribution is 5.93. The zero-order valence-corrected chi connectivity index (χ0v) is 14.4. The number of halogens is 1. The normalized spacial score (nSPS) is 22.9. The number of nitrogens with zero attached hydrogens (tertiary/aromatic N) is 3. The lowest BCUT2D eigenvalue weighted by Crippen LogP contribution is -2.53. The third-order valence-corrected chi connectivity index (χ3v) is 4.44. The predicted molar refractivity (Wildman–Crippen MR) is 90.2 cm³/mol. The summed E-state index contributed by atoms with van der Waals surface area (Å²) in [4.78, 5) is 12.3. The number of amides is 1. The average molecular weight is 372 g/mol. The first-order valence-corrected chi connectivity index (χ1v) is 8.48. The van der Waals surface area contributed by atoms with Crippen LogP contribution in [0.3, 0.4) is 0 Å². The molecule has 140 valence electrons. The van der Waals surface area contributed by atoms with E-state index in [0.717, 1.165) is 5.56 Å². The monoisotopic (exact) mass is 372 g/mol. The number of aromatic nitrogens is 3. The van der Waals surface area contributed by atoms with Crippen molar-refractivity contribution >= 4 is 5.91 Å². The molecule has 0 spiro atoms. The quantitative estimate of drug-likeness (QED) is 0.662. The molecule has 8 nitrogen and oxygen atoms in total. The van der Waals surface area contributed by atoms with Gasteiger partial charge in [0, 0.05) is 30.4 Å². The van der Waals surface area contributed by atoms with E-state index in [4.69, 9.17) is 8.94 Å². The molecule has 0 unspecified atom stereocenters. The fourth-order valence-corrected chi connectivity index (χ4v) is 2.97. The van der Waals surface area contributed by atoms with Crippen LogP contribution in [0.25, 0.3) is 11.3 Å². The Kier molecular flexibility index (Phi) is 4.23. The number of benzene rings is 1. The van der Waals surface area contributed by atoms with Crippen molar-refractivity contribution in [3.05, 3.63) is 53.9 Å². The van der Waals surface area contributed by atoms with Crippen molar-refractivity contribution in [1.29, 1.82) is 0 Å². The summed E-state index contributed by atoms with van der Waals surface area (Å²) >= 11 is 0. The lowest BCUT2D eigenvalue weighted by molar-refractivity contribution is -0.000225. The molecule has 3 aromatic rings. The highest BCUT2D eigenvalue weighted by Gasteiger charge is 2.49. The number of nitrogens with one attached hydrogen (secondary N) is 1. The van der Waals surface area contributed by atoms with E-state index in [9.17, 15) is 14.3 Å². The SMILES string of the molecule is C[C@@H](O)c1nnc(C2CC(F)(NC(=O)c3cc(-c4ccccc4)on3)C2)o1. The number of rotatable bonds is 5. The summed E-state index contributed by atoms with van der Waals surface area (Å²) in [5, 5.41) is 23.0. The maximum Gasteiger partial charge on any atom is 0.275 e. The van der Waals surface area contributed by atoms with E-state index < -0.39 is 17.8 Å². The standard InChI is InChI=1S/C18H17FN4O4/c1-10(24)16-21-22-17(26-16)12-8-18(19,9-12)20-15(25)13-7-14(27-23-13)11-5-3-2-4-6-11/h2-7,10,12,24H,8-9H2,1H3,(H,20,25)/t10-,12?,18?/m1/s1. The van der Waals surface area contributed by atoms with Crippen molar-refractivity contribution < 1.29 is 23.2 Å². The number of hydrogen-bond donors (Lipinski definition) is 2. The highest BCUT2D eigenvalue weighted by atomic mass is 19.1. The smallest absolute Gasteiger partial charge is 0.275 e. The zero-order valence-electron chi connectivity index (χ0n) is 14.4. The van der Waals surface area contributed by atoms with Crippen molar-refractivity contribution in [1.82, 2.24) is 20.7 Å². The molecule has 27 heavy (non-hydrogen) atoms. The summed E-state index contributed by atoms with van der Waals surface area (Å²) in [6, 6.07) is 10.6. The highest BCUT2D eigenvalue weighted by Crippen LogP contribution is 2.45. The van der Waals surface area contributed by atoms with Crippen LogP contribution in [0.15, 0.2) is 45.3 Å². The molecule has 9 heteroatoms. The molecule has 2 N–H and O–H groups in total. The average Bonchev–Trinajstić information content (AvgIpc) is 3.30. The number of alkyl halides is 1. The molecule has 1 amide bonds. The van der Waals surface area contributed by atoms with E-state index in [2.05, 4.69) is 20.7 Å². The molecule has 0 radical (unpaired) electrons. The third-order valence-electron chi connectivity index (χ3n) is 4.44. The lowest BCUT2D eigenvalue weighted by atomic mass is 9.77. The van der Waals surface area contributed by atoms with E-state index in [1.54, 1.807) is 0 Å². The van der Waals surface area contributed by atoms with Crippen molar-refractivity contribution in [2.45, 2.75) is 37.6 Å². The van der Waals surface area contributed by atoms with Crippen LogP contribution in [0.2, 0.25) is 0 Å². The number of carbonyl (C=O) groups excluding carboxylic acids is 1. The van der Waals surface area contributed by atoms with Gasteiger partial charge in [-0.25, -0.2) is 4.39 Å². The van der Waals surface area contributed by atoms with E-state index in [1.165, 1.54) is 13.0 Å². The van der Waals surface area contributed by atoms with Gasteiger partial charge in [0.25, 0.3) is 5.91 Å². The molecule has 1 aliphatic rings. The molecule has 0 bridgehead atoms. The van der Waals surface area contributed by atoms with Crippen LogP contribution in [0.1, 0.15) is 54.1 Å². The summed E-state index contributed by atoms with van der Waals surface area (Å²) in [5.74, 6) is -2.09. The second kappa shape index (κ2) is 6.58. The third kappa shape index (κ3) is 3.45.